The number of aromatic nitrogens is 1. The minimum atomic E-state index is 0.283. The van der Waals surface area contributed by atoms with Crippen molar-refractivity contribution in [2.24, 2.45) is 0 Å². The van der Waals surface area contributed by atoms with Crippen molar-refractivity contribution < 1.29 is 5.11 Å². The van der Waals surface area contributed by atoms with Gasteiger partial charge in [-0.25, -0.2) is 0 Å². The summed E-state index contributed by atoms with van der Waals surface area (Å²) in [6, 6.07) is 59.0. The van der Waals surface area contributed by atoms with Gasteiger partial charge in [0.1, 0.15) is 5.75 Å². The molecule has 0 atom stereocenters. The van der Waals surface area contributed by atoms with Gasteiger partial charge in [0.25, 0.3) is 0 Å². The first-order valence-corrected chi connectivity index (χ1v) is 20.1. The lowest BCUT2D eigenvalue weighted by Gasteiger charge is -2.16. The third-order valence-electron chi connectivity index (χ3n) is 11.7. The summed E-state index contributed by atoms with van der Waals surface area (Å²) in [5.41, 5.74) is 14.2. The molecule has 278 valence electrons. The van der Waals surface area contributed by atoms with E-state index in [9.17, 15) is 5.11 Å². The zero-order chi connectivity index (χ0) is 39.2. The molecule has 9 aromatic carbocycles. The number of aromatic hydroxyl groups is 1. The Morgan fingerprint density at radius 3 is 1.68 bits per heavy atom. The predicted octanol–water partition coefficient (Wildman–Crippen LogP) is 15.2. The second-order valence-corrected chi connectivity index (χ2v) is 15.6. The van der Waals surface area contributed by atoms with E-state index in [2.05, 4.69) is 173 Å². The van der Waals surface area contributed by atoms with Crippen LogP contribution < -0.4 is 0 Å². The first-order valence-electron chi connectivity index (χ1n) is 20.1. The Bertz CT molecular complexity index is 3100. The van der Waals surface area contributed by atoms with Crippen LogP contribution in [0.3, 0.4) is 0 Å². The molecule has 2 heteroatoms. The van der Waals surface area contributed by atoms with Crippen molar-refractivity contribution in [3.8, 4) is 33.7 Å². The maximum atomic E-state index is 11.1. The minimum absolute atomic E-state index is 0.283. The van der Waals surface area contributed by atoms with Crippen LogP contribution in [0.1, 0.15) is 41.2 Å². The lowest BCUT2D eigenvalue weighted by atomic mass is 9.89. The summed E-state index contributed by atoms with van der Waals surface area (Å²) in [5, 5.41) is 21.2. The number of hydrogen-bond donors (Lipinski definition) is 1. The second kappa shape index (κ2) is 14.8. The van der Waals surface area contributed by atoms with Crippen LogP contribution in [0.2, 0.25) is 0 Å². The molecule has 1 heterocycles. The molecule has 0 aliphatic heterocycles. The maximum absolute atomic E-state index is 11.1. The van der Waals surface area contributed by atoms with Gasteiger partial charge in [-0.3, -0.25) is 0 Å². The van der Waals surface area contributed by atoms with Crippen molar-refractivity contribution in [1.82, 2.24) is 4.57 Å². The maximum Gasteiger partial charge on any atom is 0.116 e. The highest BCUT2D eigenvalue weighted by molar-refractivity contribution is 6.25. The van der Waals surface area contributed by atoms with Gasteiger partial charge in [-0.2, -0.15) is 0 Å². The van der Waals surface area contributed by atoms with Crippen LogP contribution in [0.15, 0.2) is 164 Å². The van der Waals surface area contributed by atoms with E-state index in [0.29, 0.717) is 0 Å². The molecule has 0 saturated heterocycles. The average Bonchev–Trinajstić information content (AvgIpc) is 3.56. The second-order valence-electron chi connectivity index (χ2n) is 15.6. The molecule has 0 bridgehead atoms. The Morgan fingerprint density at radius 2 is 1.04 bits per heavy atom. The Morgan fingerprint density at radius 1 is 0.439 bits per heavy atom. The summed E-state index contributed by atoms with van der Waals surface area (Å²) in [5.74, 6) is 0.283. The Labute approximate surface area is 335 Å². The highest BCUT2D eigenvalue weighted by Crippen LogP contribution is 2.42. The van der Waals surface area contributed by atoms with E-state index in [0.717, 1.165) is 40.8 Å². The molecular weight excluding hydrogens is 691 g/mol. The van der Waals surface area contributed by atoms with E-state index in [-0.39, 0.29) is 5.75 Å². The van der Waals surface area contributed by atoms with Crippen LogP contribution in [0.4, 0.5) is 0 Å². The van der Waals surface area contributed by atoms with Gasteiger partial charge in [-0.05, 0) is 154 Å². The highest BCUT2D eigenvalue weighted by Gasteiger charge is 2.18. The fourth-order valence-corrected chi connectivity index (χ4v) is 8.83. The van der Waals surface area contributed by atoms with Gasteiger partial charge < -0.3 is 9.67 Å². The van der Waals surface area contributed by atoms with Crippen molar-refractivity contribution in [1.29, 1.82) is 0 Å². The van der Waals surface area contributed by atoms with Gasteiger partial charge in [0.2, 0.25) is 0 Å². The van der Waals surface area contributed by atoms with E-state index in [4.69, 9.17) is 0 Å². The van der Waals surface area contributed by atoms with Crippen LogP contribution >= 0.6 is 0 Å². The summed E-state index contributed by atoms with van der Waals surface area (Å²) in [7, 11) is 0. The van der Waals surface area contributed by atoms with Gasteiger partial charge in [-0.1, -0.05) is 140 Å². The highest BCUT2D eigenvalue weighted by atomic mass is 16.3. The standard InChI is InChI=1S/C48H39NO.C7H8/c1-5-10-32-17-21-47-45(24-32)46-25-33(42-27-35(50)28-43(31(42)4)41-23-29(2)15-16-30(41)3)18-22-48(46)49(47)34-19-20-40-38-13-7-6-11-36(38)37-12-8-9-14-39(37)44(40)26-34;1-7-5-3-2-4-6-7/h6-9,11-28,50H,5,10H2,1-4H3;2-6H,1H3. The first kappa shape index (κ1) is 36.0. The van der Waals surface area contributed by atoms with Gasteiger partial charge in [0, 0.05) is 16.5 Å². The molecule has 0 spiro atoms. The number of nitrogens with zero attached hydrogens (tertiary/aromatic N) is 1. The van der Waals surface area contributed by atoms with Crippen LogP contribution in [0.25, 0.3) is 82.1 Å². The lowest BCUT2D eigenvalue weighted by Crippen LogP contribution is -1.95. The van der Waals surface area contributed by atoms with E-state index in [1.165, 1.54) is 81.9 Å². The molecule has 2 nitrogen and oxygen atoms in total. The Kier molecular flexibility index (Phi) is 9.34. The van der Waals surface area contributed by atoms with Crippen LogP contribution in [-0.4, -0.2) is 9.67 Å². The number of fused-ring (bicyclic) bond motifs is 9. The van der Waals surface area contributed by atoms with Crippen molar-refractivity contribution in [2.45, 2.75) is 47.5 Å². The van der Waals surface area contributed by atoms with E-state index < -0.39 is 0 Å². The average molecular weight is 738 g/mol. The lowest BCUT2D eigenvalue weighted by molar-refractivity contribution is 0.475. The van der Waals surface area contributed by atoms with Crippen molar-refractivity contribution in [3.05, 3.63) is 192 Å². The van der Waals surface area contributed by atoms with Gasteiger partial charge in [0.05, 0.1) is 11.0 Å². The molecule has 10 aromatic rings. The number of benzene rings is 9. The van der Waals surface area contributed by atoms with Gasteiger partial charge >= 0.3 is 0 Å². The SMILES string of the molecule is CCCc1ccc2c(c1)c1cc(-c3cc(O)cc(-c4cc(C)ccc4C)c3C)ccc1n2-c1ccc2c3ccccc3c3ccccc3c2c1.Cc1ccccc1. The molecule has 10 rings (SSSR count). The summed E-state index contributed by atoms with van der Waals surface area (Å²) in [4.78, 5) is 0. The molecule has 0 radical (unpaired) electrons. The summed E-state index contributed by atoms with van der Waals surface area (Å²) in [6.45, 7) is 10.8. The largest absolute Gasteiger partial charge is 0.508 e. The number of aryl methyl sites for hydroxylation is 4. The van der Waals surface area contributed by atoms with Crippen molar-refractivity contribution in [3.63, 3.8) is 0 Å². The molecule has 1 N–H and O–H groups in total. The number of phenols is 1. The van der Waals surface area contributed by atoms with Crippen LogP contribution in [-0.2, 0) is 6.42 Å². The third-order valence-corrected chi connectivity index (χ3v) is 11.7. The van der Waals surface area contributed by atoms with Crippen LogP contribution in [0.5, 0.6) is 5.75 Å². The molecular formula is C55H47NO. The molecule has 1 aromatic heterocycles. The first-order chi connectivity index (χ1) is 27.8. The predicted molar refractivity (Wildman–Crippen MR) is 245 cm³/mol. The fourth-order valence-electron chi connectivity index (χ4n) is 8.83. The minimum Gasteiger partial charge on any atom is -0.508 e. The molecule has 57 heavy (non-hydrogen) atoms. The van der Waals surface area contributed by atoms with Gasteiger partial charge in [0.15, 0.2) is 0 Å². The smallest absolute Gasteiger partial charge is 0.116 e. The number of rotatable bonds is 5. The third kappa shape index (κ3) is 6.51. The molecule has 0 unspecified atom stereocenters. The number of phenolic OH excluding ortho intramolecular Hbond substituents is 1. The quantitative estimate of drug-likeness (QED) is 0.175. The van der Waals surface area contributed by atoms with Crippen LogP contribution in [0, 0.1) is 27.7 Å². The van der Waals surface area contributed by atoms with E-state index >= 15 is 0 Å². The topological polar surface area (TPSA) is 25.2 Å². The number of hydrogen-bond acceptors (Lipinski definition) is 1. The summed E-state index contributed by atoms with van der Waals surface area (Å²) in [6.07, 6.45) is 2.15. The molecule has 0 aliphatic carbocycles. The van der Waals surface area contributed by atoms with E-state index in [1.807, 2.05) is 30.3 Å². The van der Waals surface area contributed by atoms with E-state index in [1.54, 1.807) is 0 Å². The Hall–Kier alpha value is -6.64. The van der Waals surface area contributed by atoms with Crippen molar-refractivity contribution >= 4 is 54.1 Å². The van der Waals surface area contributed by atoms with Gasteiger partial charge in [-0.15, -0.1) is 0 Å². The molecule has 0 aliphatic rings. The zero-order valence-electron chi connectivity index (χ0n) is 33.4. The van der Waals surface area contributed by atoms with Crippen molar-refractivity contribution in [2.75, 3.05) is 0 Å². The Balaban J connectivity index is 0.000000548. The summed E-state index contributed by atoms with van der Waals surface area (Å²) >= 11 is 0. The summed E-state index contributed by atoms with van der Waals surface area (Å²) < 4.78 is 2.43. The zero-order valence-corrected chi connectivity index (χ0v) is 33.4. The normalized spacial score (nSPS) is 11.5. The molecule has 0 amide bonds. The molecule has 0 saturated carbocycles. The monoisotopic (exact) mass is 737 g/mol. The fraction of sp³-hybridized carbons (Fsp3) is 0.127. The molecule has 0 fully saturated rings.